The molecule has 4 rings (SSSR count). The number of carbonyl (C=O) groups is 1. The maximum atomic E-state index is 12.6. The molecule has 0 aliphatic rings. The Labute approximate surface area is 213 Å². The summed E-state index contributed by atoms with van der Waals surface area (Å²) in [5.74, 6) is 0.839. The fourth-order valence-electron chi connectivity index (χ4n) is 3.63. The van der Waals surface area contributed by atoms with Gasteiger partial charge in [-0.1, -0.05) is 48.2 Å². The van der Waals surface area contributed by atoms with Gasteiger partial charge in [-0.05, 0) is 60.9 Å². The Morgan fingerprint density at radius 3 is 2.53 bits per heavy atom. The van der Waals surface area contributed by atoms with Gasteiger partial charge in [-0.3, -0.25) is 19.5 Å². The van der Waals surface area contributed by atoms with Gasteiger partial charge in [0.1, 0.15) is 0 Å². The van der Waals surface area contributed by atoms with Crippen LogP contribution in [0.25, 0.3) is 11.4 Å². The van der Waals surface area contributed by atoms with E-state index in [0.717, 1.165) is 16.8 Å². The molecule has 8 nitrogen and oxygen atoms in total. The number of hydrogen-bond donors (Lipinski definition) is 1. The molecule has 0 bridgehead atoms. The van der Waals surface area contributed by atoms with Crippen molar-refractivity contribution < 1.29 is 9.72 Å². The molecular formula is C27H25N5O3S. The highest BCUT2D eigenvalue weighted by Gasteiger charge is 2.21. The van der Waals surface area contributed by atoms with E-state index in [1.807, 2.05) is 48.7 Å². The summed E-state index contributed by atoms with van der Waals surface area (Å²) < 4.78 is 1.81. The van der Waals surface area contributed by atoms with Crippen LogP contribution in [0.15, 0.2) is 84.5 Å². The van der Waals surface area contributed by atoms with Crippen molar-refractivity contribution in [1.82, 2.24) is 14.8 Å². The van der Waals surface area contributed by atoms with Gasteiger partial charge in [-0.25, -0.2) is 0 Å². The molecule has 0 unspecified atom stereocenters. The van der Waals surface area contributed by atoms with Crippen molar-refractivity contribution in [3.8, 4) is 11.4 Å². The molecule has 1 heterocycles. The molecule has 0 aliphatic heterocycles. The zero-order valence-electron chi connectivity index (χ0n) is 20.0. The monoisotopic (exact) mass is 499 g/mol. The number of amides is 1. The molecule has 0 saturated carbocycles. The van der Waals surface area contributed by atoms with Crippen molar-refractivity contribution in [2.24, 2.45) is 0 Å². The van der Waals surface area contributed by atoms with Gasteiger partial charge >= 0.3 is 0 Å². The van der Waals surface area contributed by atoms with E-state index in [1.165, 1.54) is 23.4 Å². The molecule has 9 heteroatoms. The Morgan fingerprint density at radius 1 is 1.08 bits per heavy atom. The van der Waals surface area contributed by atoms with Crippen LogP contribution in [-0.2, 0) is 12.3 Å². The quantitative estimate of drug-likeness (QED) is 0.127. The van der Waals surface area contributed by atoms with Gasteiger partial charge in [-0.2, -0.15) is 0 Å². The minimum atomic E-state index is -0.424. The zero-order chi connectivity index (χ0) is 25.7. The van der Waals surface area contributed by atoms with Crippen LogP contribution in [0.1, 0.15) is 27.0 Å². The minimum Gasteiger partial charge on any atom is -0.322 e. The first-order chi connectivity index (χ1) is 17.4. The largest absolute Gasteiger partial charge is 0.322 e. The Balaban J connectivity index is 1.47. The predicted molar refractivity (Wildman–Crippen MR) is 142 cm³/mol. The predicted octanol–water partition coefficient (Wildman–Crippen LogP) is 6.20. The van der Waals surface area contributed by atoms with E-state index in [9.17, 15) is 14.9 Å². The van der Waals surface area contributed by atoms with Crippen LogP contribution in [-0.4, -0.2) is 25.6 Å². The van der Waals surface area contributed by atoms with Crippen LogP contribution in [0, 0.1) is 24.0 Å². The number of aryl methyl sites for hydroxylation is 2. The third-order valence-electron chi connectivity index (χ3n) is 5.72. The lowest BCUT2D eigenvalue weighted by Crippen LogP contribution is -2.12. The smallest absolute Gasteiger partial charge is 0.280 e. The average molecular weight is 500 g/mol. The zero-order valence-corrected chi connectivity index (χ0v) is 20.8. The number of thioether (sulfide) groups is 1. The molecule has 0 fully saturated rings. The van der Waals surface area contributed by atoms with E-state index < -0.39 is 4.92 Å². The summed E-state index contributed by atoms with van der Waals surface area (Å²) in [7, 11) is 0. The maximum Gasteiger partial charge on any atom is 0.280 e. The number of carbonyl (C=O) groups excluding carboxylic acids is 1. The number of anilines is 1. The van der Waals surface area contributed by atoms with Crippen molar-refractivity contribution >= 4 is 29.0 Å². The Kier molecular flexibility index (Phi) is 7.60. The second-order valence-electron chi connectivity index (χ2n) is 8.22. The number of allylic oxidation sites excluding steroid dienone is 1. The summed E-state index contributed by atoms with van der Waals surface area (Å²) in [6, 6.07) is 19.7. The summed E-state index contributed by atoms with van der Waals surface area (Å²) in [5.41, 5.74) is 5.00. The number of nitro benzene ring substituents is 1. The Bertz CT molecular complexity index is 1430. The first kappa shape index (κ1) is 24.9. The number of hydrogen-bond acceptors (Lipinski definition) is 6. The van der Waals surface area contributed by atoms with Crippen molar-refractivity contribution in [1.29, 1.82) is 0 Å². The molecule has 0 atom stereocenters. The van der Waals surface area contributed by atoms with Gasteiger partial charge in [0, 0.05) is 29.6 Å². The van der Waals surface area contributed by atoms with Crippen LogP contribution < -0.4 is 5.32 Å². The summed E-state index contributed by atoms with van der Waals surface area (Å²) in [4.78, 5) is 23.7. The number of benzene rings is 3. The number of nitro groups is 1. The molecular weight excluding hydrogens is 474 g/mol. The second-order valence-corrected chi connectivity index (χ2v) is 9.16. The fourth-order valence-corrected chi connectivity index (χ4v) is 4.54. The Morgan fingerprint density at radius 2 is 1.83 bits per heavy atom. The van der Waals surface area contributed by atoms with Crippen LogP contribution in [0.5, 0.6) is 0 Å². The lowest BCUT2D eigenvalue weighted by atomic mass is 10.1. The number of rotatable bonds is 9. The van der Waals surface area contributed by atoms with Crippen LogP contribution in [0.2, 0.25) is 0 Å². The van der Waals surface area contributed by atoms with E-state index in [1.54, 1.807) is 36.4 Å². The standard InChI is InChI=1S/C27H25N5O3S/c1-4-15-31-25(23-7-5-6-8-24(23)32(34)35)29-30-27(31)36-17-20-10-12-21(13-11-20)26(33)28-22-14-9-18(2)19(3)16-22/h4-14,16H,1,15,17H2,2-3H3,(H,28,33). The highest BCUT2D eigenvalue weighted by molar-refractivity contribution is 7.98. The van der Waals surface area contributed by atoms with Gasteiger partial charge in [-0.15, -0.1) is 16.8 Å². The van der Waals surface area contributed by atoms with Crippen LogP contribution in [0.3, 0.4) is 0 Å². The molecule has 0 saturated heterocycles. The van der Waals surface area contributed by atoms with Crippen molar-refractivity contribution in [3.63, 3.8) is 0 Å². The third-order valence-corrected chi connectivity index (χ3v) is 6.76. The highest BCUT2D eigenvalue weighted by atomic mass is 32.2. The Hall–Kier alpha value is -4.24. The molecule has 182 valence electrons. The third kappa shape index (κ3) is 5.52. The normalized spacial score (nSPS) is 10.7. The molecule has 36 heavy (non-hydrogen) atoms. The number of nitrogens with zero attached hydrogens (tertiary/aromatic N) is 4. The van der Waals surface area contributed by atoms with E-state index in [-0.39, 0.29) is 11.6 Å². The lowest BCUT2D eigenvalue weighted by molar-refractivity contribution is -0.384. The van der Waals surface area contributed by atoms with Gasteiger partial charge in [0.15, 0.2) is 11.0 Å². The summed E-state index contributed by atoms with van der Waals surface area (Å²) in [6.45, 7) is 8.25. The van der Waals surface area contributed by atoms with Crippen molar-refractivity contribution in [2.75, 3.05) is 5.32 Å². The van der Waals surface area contributed by atoms with Crippen LogP contribution >= 0.6 is 11.8 Å². The SMILES string of the molecule is C=CCn1c(SCc2ccc(C(=O)Nc3ccc(C)c(C)c3)cc2)nnc1-c1ccccc1[N+](=O)[O-]. The van der Waals surface area contributed by atoms with Crippen molar-refractivity contribution in [2.45, 2.75) is 31.3 Å². The first-order valence-corrected chi connectivity index (χ1v) is 12.2. The van der Waals surface area contributed by atoms with Gasteiger partial charge in [0.25, 0.3) is 11.6 Å². The minimum absolute atomic E-state index is 0.0265. The second kappa shape index (κ2) is 11.0. The maximum absolute atomic E-state index is 12.6. The van der Waals surface area contributed by atoms with E-state index in [4.69, 9.17) is 0 Å². The molecule has 4 aromatic rings. The molecule has 1 N–H and O–H groups in total. The molecule has 0 aliphatic carbocycles. The number of aromatic nitrogens is 3. The van der Waals surface area contributed by atoms with Gasteiger partial charge < -0.3 is 5.32 Å². The topological polar surface area (TPSA) is 103 Å². The molecule has 0 spiro atoms. The average Bonchev–Trinajstić information content (AvgIpc) is 3.27. The summed E-state index contributed by atoms with van der Waals surface area (Å²) >= 11 is 1.46. The highest BCUT2D eigenvalue weighted by Crippen LogP contribution is 2.31. The lowest BCUT2D eigenvalue weighted by Gasteiger charge is -2.09. The van der Waals surface area contributed by atoms with E-state index >= 15 is 0 Å². The number of para-hydroxylation sites is 1. The molecule has 1 aromatic heterocycles. The number of nitrogens with one attached hydrogen (secondary N) is 1. The van der Waals surface area contributed by atoms with Gasteiger partial charge in [0.2, 0.25) is 0 Å². The van der Waals surface area contributed by atoms with Crippen LogP contribution in [0.4, 0.5) is 11.4 Å². The summed E-state index contributed by atoms with van der Waals surface area (Å²) in [6.07, 6.45) is 1.70. The fraction of sp³-hybridized carbons (Fsp3) is 0.148. The van der Waals surface area contributed by atoms with Gasteiger partial charge in [0.05, 0.1) is 10.5 Å². The molecule has 3 aromatic carbocycles. The van der Waals surface area contributed by atoms with E-state index in [2.05, 4.69) is 22.1 Å². The summed E-state index contributed by atoms with van der Waals surface area (Å²) in [5, 5.41) is 23.5. The van der Waals surface area contributed by atoms with Crippen molar-refractivity contribution in [3.05, 3.63) is 112 Å². The molecule has 1 amide bonds. The first-order valence-electron chi connectivity index (χ1n) is 11.3. The molecule has 0 radical (unpaired) electrons. The van der Waals surface area contributed by atoms with E-state index in [0.29, 0.717) is 34.4 Å².